The highest BCUT2D eigenvalue weighted by molar-refractivity contribution is 5.74. The summed E-state index contributed by atoms with van der Waals surface area (Å²) in [4.78, 5) is 13.6. The molecule has 1 fully saturated rings. The van der Waals surface area contributed by atoms with Gasteiger partial charge in [-0.3, -0.25) is 0 Å². The molecule has 0 aromatic heterocycles. The van der Waals surface area contributed by atoms with Crippen LogP contribution in [0.3, 0.4) is 0 Å². The summed E-state index contributed by atoms with van der Waals surface area (Å²) in [6.45, 7) is 2.56. The lowest BCUT2D eigenvalue weighted by molar-refractivity contribution is -0.137. The molecule has 0 bridgehead atoms. The first kappa shape index (κ1) is 16.6. The fourth-order valence-electron chi connectivity index (χ4n) is 2.46. The number of carbonyl (C=O) groups is 1. The Morgan fingerprint density at radius 1 is 1.36 bits per heavy atom. The zero-order valence-corrected chi connectivity index (χ0v) is 12.2. The van der Waals surface area contributed by atoms with E-state index >= 15 is 0 Å². The summed E-state index contributed by atoms with van der Waals surface area (Å²) in [6, 6.07) is 4.00. The van der Waals surface area contributed by atoms with Crippen molar-refractivity contribution in [3.8, 4) is 0 Å². The van der Waals surface area contributed by atoms with Crippen molar-refractivity contribution in [2.45, 2.75) is 38.1 Å². The Morgan fingerprint density at radius 3 is 2.55 bits per heavy atom. The molecule has 1 saturated heterocycles. The van der Waals surface area contributed by atoms with E-state index < -0.39 is 23.9 Å². The van der Waals surface area contributed by atoms with Crippen LogP contribution in [0.4, 0.5) is 18.0 Å². The number of aliphatic hydroxyl groups is 1. The number of rotatable bonds is 2. The molecule has 2 amide bonds. The number of hydrogen-bond acceptors (Lipinski definition) is 2. The molecule has 22 heavy (non-hydrogen) atoms. The van der Waals surface area contributed by atoms with Crippen LogP contribution in [0.2, 0.25) is 0 Å². The van der Waals surface area contributed by atoms with E-state index in [0.29, 0.717) is 18.5 Å². The average molecular weight is 316 g/mol. The first-order valence-electron chi connectivity index (χ1n) is 7.18. The van der Waals surface area contributed by atoms with Crippen molar-refractivity contribution >= 4 is 6.03 Å². The normalized spacial score (nSPS) is 20.6. The third-order valence-electron chi connectivity index (χ3n) is 3.76. The van der Waals surface area contributed by atoms with Gasteiger partial charge in [0.15, 0.2) is 0 Å². The molecule has 0 radical (unpaired) electrons. The molecule has 1 heterocycles. The SMILES string of the molecule is CC(NC(=O)N1CCCC(O)C1)c1ccc(C(F)(F)F)cc1. The van der Waals surface area contributed by atoms with Gasteiger partial charge in [0.05, 0.1) is 17.7 Å². The zero-order valence-electron chi connectivity index (χ0n) is 12.2. The number of amides is 2. The van der Waals surface area contributed by atoms with E-state index in [1.165, 1.54) is 17.0 Å². The van der Waals surface area contributed by atoms with Crippen LogP contribution in [0.1, 0.15) is 36.9 Å². The smallest absolute Gasteiger partial charge is 0.391 e. The minimum Gasteiger partial charge on any atom is -0.391 e. The molecule has 0 spiro atoms. The van der Waals surface area contributed by atoms with Crippen molar-refractivity contribution in [2.75, 3.05) is 13.1 Å². The van der Waals surface area contributed by atoms with Gasteiger partial charge in [-0.1, -0.05) is 12.1 Å². The predicted octanol–water partition coefficient (Wildman–Crippen LogP) is 2.93. The molecular weight excluding hydrogens is 297 g/mol. The van der Waals surface area contributed by atoms with Crippen LogP contribution in [-0.2, 0) is 6.18 Å². The van der Waals surface area contributed by atoms with Gasteiger partial charge in [-0.05, 0) is 37.5 Å². The van der Waals surface area contributed by atoms with Gasteiger partial charge >= 0.3 is 12.2 Å². The van der Waals surface area contributed by atoms with E-state index in [2.05, 4.69) is 5.32 Å². The van der Waals surface area contributed by atoms with E-state index in [4.69, 9.17) is 0 Å². The van der Waals surface area contributed by atoms with Crippen molar-refractivity contribution in [3.05, 3.63) is 35.4 Å². The number of hydrogen-bond donors (Lipinski definition) is 2. The van der Waals surface area contributed by atoms with Crippen LogP contribution in [-0.4, -0.2) is 35.2 Å². The molecule has 0 saturated carbocycles. The first-order chi connectivity index (χ1) is 10.3. The highest BCUT2D eigenvalue weighted by Gasteiger charge is 2.30. The number of β-amino-alcohol motifs (C(OH)–C–C–N with tert-alkyl or cyclic N) is 1. The van der Waals surface area contributed by atoms with Crippen LogP contribution < -0.4 is 5.32 Å². The number of nitrogens with zero attached hydrogens (tertiary/aromatic N) is 1. The summed E-state index contributed by atoms with van der Waals surface area (Å²) in [6.07, 6.45) is -3.46. The van der Waals surface area contributed by atoms with Gasteiger partial charge in [0.25, 0.3) is 0 Å². The molecule has 1 aromatic carbocycles. The van der Waals surface area contributed by atoms with Crippen molar-refractivity contribution < 1.29 is 23.1 Å². The number of alkyl halides is 3. The Bertz CT molecular complexity index is 517. The maximum atomic E-state index is 12.5. The van der Waals surface area contributed by atoms with Gasteiger partial charge in [-0.15, -0.1) is 0 Å². The number of piperidine rings is 1. The van der Waals surface area contributed by atoms with Crippen LogP contribution in [0.5, 0.6) is 0 Å². The minimum atomic E-state index is -4.37. The number of halogens is 3. The van der Waals surface area contributed by atoms with Gasteiger partial charge in [0.2, 0.25) is 0 Å². The summed E-state index contributed by atoms with van der Waals surface area (Å²) in [7, 11) is 0. The third-order valence-corrected chi connectivity index (χ3v) is 3.76. The highest BCUT2D eigenvalue weighted by Crippen LogP contribution is 2.29. The Hall–Kier alpha value is -1.76. The highest BCUT2D eigenvalue weighted by atomic mass is 19.4. The number of likely N-dealkylation sites (tertiary alicyclic amines) is 1. The Kier molecular flexibility index (Phi) is 4.95. The van der Waals surface area contributed by atoms with Gasteiger partial charge in [-0.2, -0.15) is 13.2 Å². The Morgan fingerprint density at radius 2 is 2.00 bits per heavy atom. The molecule has 4 nitrogen and oxygen atoms in total. The van der Waals surface area contributed by atoms with Crippen molar-refractivity contribution in [1.82, 2.24) is 10.2 Å². The fraction of sp³-hybridized carbons (Fsp3) is 0.533. The van der Waals surface area contributed by atoms with Gasteiger partial charge in [0.1, 0.15) is 0 Å². The standard InChI is InChI=1S/C15H19F3N2O2/c1-10(11-4-6-12(7-5-11)15(16,17)18)19-14(22)20-8-2-3-13(21)9-20/h4-7,10,13,21H,2-3,8-9H2,1H3,(H,19,22). The Labute approximate surface area is 126 Å². The quantitative estimate of drug-likeness (QED) is 0.881. The fourth-order valence-corrected chi connectivity index (χ4v) is 2.46. The minimum absolute atomic E-state index is 0.283. The lowest BCUT2D eigenvalue weighted by Gasteiger charge is -2.31. The number of carbonyl (C=O) groups excluding carboxylic acids is 1. The Balaban J connectivity index is 1.96. The van der Waals surface area contributed by atoms with E-state index in [0.717, 1.165) is 18.6 Å². The van der Waals surface area contributed by atoms with Gasteiger partial charge in [-0.25, -0.2) is 4.79 Å². The summed E-state index contributed by atoms with van der Waals surface area (Å²) >= 11 is 0. The molecule has 2 N–H and O–H groups in total. The average Bonchev–Trinajstić information content (AvgIpc) is 2.46. The molecule has 1 aliphatic heterocycles. The molecule has 0 aliphatic carbocycles. The van der Waals surface area contributed by atoms with Crippen LogP contribution in [0.15, 0.2) is 24.3 Å². The van der Waals surface area contributed by atoms with E-state index in [9.17, 15) is 23.1 Å². The molecule has 1 aromatic rings. The second kappa shape index (κ2) is 6.56. The number of aliphatic hydroxyl groups excluding tert-OH is 1. The topological polar surface area (TPSA) is 52.6 Å². The molecule has 7 heteroatoms. The van der Waals surface area contributed by atoms with E-state index in [1.54, 1.807) is 6.92 Å². The monoisotopic (exact) mass is 316 g/mol. The number of nitrogens with one attached hydrogen (secondary N) is 1. The molecular formula is C15H19F3N2O2. The summed E-state index contributed by atoms with van der Waals surface area (Å²) in [5.74, 6) is 0. The lowest BCUT2D eigenvalue weighted by atomic mass is 10.1. The largest absolute Gasteiger partial charge is 0.416 e. The van der Waals surface area contributed by atoms with Crippen LogP contribution in [0, 0.1) is 0 Å². The number of urea groups is 1. The zero-order chi connectivity index (χ0) is 16.3. The third kappa shape index (κ3) is 4.13. The van der Waals surface area contributed by atoms with Crippen molar-refractivity contribution in [2.24, 2.45) is 0 Å². The number of benzene rings is 1. The summed E-state index contributed by atoms with van der Waals surface area (Å²) in [5, 5.41) is 12.3. The maximum Gasteiger partial charge on any atom is 0.416 e. The van der Waals surface area contributed by atoms with Crippen molar-refractivity contribution in [3.63, 3.8) is 0 Å². The van der Waals surface area contributed by atoms with Crippen LogP contribution in [0.25, 0.3) is 0 Å². The summed E-state index contributed by atoms with van der Waals surface area (Å²) < 4.78 is 37.5. The summed E-state index contributed by atoms with van der Waals surface area (Å²) in [5.41, 5.74) is -0.118. The predicted molar refractivity (Wildman–Crippen MR) is 75.2 cm³/mol. The lowest BCUT2D eigenvalue weighted by Crippen LogP contribution is -2.47. The maximum absolute atomic E-state index is 12.5. The van der Waals surface area contributed by atoms with E-state index in [1.807, 2.05) is 0 Å². The van der Waals surface area contributed by atoms with Crippen molar-refractivity contribution in [1.29, 1.82) is 0 Å². The first-order valence-corrected chi connectivity index (χ1v) is 7.18. The second-order valence-electron chi connectivity index (χ2n) is 5.53. The van der Waals surface area contributed by atoms with E-state index in [-0.39, 0.29) is 12.6 Å². The molecule has 1 aliphatic rings. The molecule has 122 valence electrons. The van der Waals surface area contributed by atoms with Gasteiger partial charge < -0.3 is 15.3 Å². The molecule has 2 atom stereocenters. The molecule has 2 rings (SSSR count). The second-order valence-corrected chi connectivity index (χ2v) is 5.53. The van der Waals surface area contributed by atoms with Crippen LogP contribution >= 0.6 is 0 Å². The molecule has 2 unspecified atom stereocenters. The van der Waals surface area contributed by atoms with Gasteiger partial charge in [0, 0.05) is 13.1 Å².